The van der Waals surface area contributed by atoms with Gasteiger partial charge in [0.25, 0.3) is 0 Å². The number of fused-ring (bicyclic) bond motifs is 1. The van der Waals surface area contributed by atoms with Crippen molar-refractivity contribution in [2.24, 2.45) is 0 Å². The van der Waals surface area contributed by atoms with Crippen LogP contribution in [0, 0.1) is 0 Å². The summed E-state index contributed by atoms with van der Waals surface area (Å²) in [4.78, 5) is 17.9. The Balaban J connectivity index is 0.00000194. The molecule has 2 aromatic carbocycles. The first-order chi connectivity index (χ1) is 18.6. The van der Waals surface area contributed by atoms with Gasteiger partial charge >= 0.3 is 6.29 Å². The zero-order valence-corrected chi connectivity index (χ0v) is 21.5. The second-order valence-corrected chi connectivity index (χ2v) is 11.8. The number of aliphatic hydroxyl groups is 1. The third-order valence-corrected chi connectivity index (χ3v) is 9.39. The van der Waals surface area contributed by atoms with Crippen LogP contribution in [0.25, 0.3) is 11.3 Å². The Hall–Kier alpha value is -3.61. The van der Waals surface area contributed by atoms with Crippen LogP contribution >= 0.6 is 0 Å². The molecule has 6 rings (SSSR count). The van der Waals surface area contributed by atoms with Crippen molar-refractivity contribution in [3.63, 3.8) is 0 Å². The molecule has 0 unspecified atom stereocenters. The van der Waals surface area contributed by atoms with Gasteiger partial charge in [-0.1, -0.05) is 24.3 Å². The number of sulfonamides is 1. The van der Waals surface area contributed by atoms with Gasteiger partial charge in [0, 0.05) is 21.0 Å². The SMILES string of the molecule is O=C(Nc1cccc(-c2ccc(S(=O)(=O)N3CCC[C@@H]3CO)cc2)n1)C1(c2ccc3c(c2)OC(F)(F)O3)CC1.[HH].[HH]. The second kappa shape index (κ2) is 9.25. The first kappa shape index (κ1) is 25.7. The Kier molecular flexibility index (Phi) is 6.08. The minimum atomic E-state index is -3.73. The Bertz CT molecular complexity index is 1550. The molecule has 3 heterocycles. The molecule has 1 amide bonds. The number of benzene rings is 2. The lowest BCUT2D eigenvalue weighted by atomic mass is 9.94. The molecule has 12 heteroatoms. The minimum absolute atomic E-state index is 0. The number of carbonyl (C=O) groups excluding carboxylic acids is 1. The van der Waals surface area contributed by atoms with Crippen molar-refractivity contribution in [2.45, 2.75) is 48.3 Å². The fourth-order valence-electron chi connectivity index (χ4n) is 5.16. The van der Waals surface area contributed by atoms with Gasteiger partial charge in [-0.2, -0.15) is 4.31 Å². The molecule has 0 spiro atoms. The molecule has 3 aliphatic rings. The molecule has 9 nitrogen and oxygen atoms in total. The Morgan fingerprint density at radius 2 is 1.85 bits per heavy atom. The summed E-state index contributed by atoms with van der Waals surface area (Å²) in [7, 11) is -3.73. The highest BCUT2D eigenvalue weighted by Gasteiger charge is 2.53. The number of halogens is 2. The zero-order valence-electron chi connectivity index (χ0n) is 20.6. The van der Waals surface area contributed by atoms with Crippen LogP contribution in [0.2, 0.25) is 0 Å². The van der Waals surface area contributed by atoms with E-state index in [-0.39, 0.29) is 31.8 Å². The van der Waals surface area contributed by atoms with E-state index in [0.29, 0.717) is 54.9 Å². The molecule has 39 heavy (non-hydrogen) atoms. The van der Waals surface area contributed by atoms with E-state index >= 15 is 0 Å². The lowest BCUT2D eigenvalue weighted by molar-refractivity contribution is -0.286. The van der Waals surface area contributed by atoms with Crippen LogP contribution in [0.15, 0.2) is 65.6 Å². The molecule has 2 N–H and O–H groups in total. The fourth-order valence-corrected chi connectivity index (χ4v) is 6.85. The minimum Gasteiger partial charge on any atom is -0.395 e. The zero-order chi connectivity index (χ0) is 27.4. The molecule has 1 aromatic heterocycles. The van der Waals surface area contributed by atoms with E-state index in [1.807, 2.05) is 0 Å². The van der Waals surface area contributed by atoms with E-state index < -0.39 is 27.8 Å². The largest absolute Gasteiger partial charge is 0.586 e. The number of aromatic nitrogens is 1. The summed E-state index contributed by atoms with van der Waals surface area (Å²) in [6.07, 6.45) is -1.32. The molecule has 2 fully saturated rings. The molecule has 1 atom stereocenters. The van der Waals surface area contributed by atoms with Crippen molar-refractivity contribution in [1.82, 2.24) is 9.29 Å². The van der Waals surface area contributed by atoms with Crippen LogP contribution in [0.3, 0.4) is 0 Å². The highest BCUT2D eigenvalue weighted by atomic mass is 32.2. The molecular formula is C27H29F2N3O6S. The normalized spacial score (nSPS) is 21.1. The highest BCUT2D eigenvalue weighted by Crippen LogP contribution is 2.52. The monoisotopic (exact) mass is 561 g/mol. The summed E-state index contributed by atoms with van der Waals surface area (Å²) in [5.74, 6) is -0.209. The Morgan fingerprint density at radius 3 is 2.56 bits per heavy atom. The number of nitrogens with zero attached hydrogens (tertiary/aromatic N) is 2. The van der Waals surface area contributed by atoms with Gasteiger partial charge in [-0.25, -0.2) is 13.4 Å². The van der Waals surface area contributed by atoms with Crippen molar-refractivity contribution in [2.75, 3.05) is 18.5 Å². The van der Waals surface area contributed by atoms with Crippen molar-refractivity contribution in [3.05, 3.63) is 66.2 Å². The number of anilines is 1. The average Bonchev–Trinajstić information content (AvgIpc) is 3.47. The standard InChI is InChI=1S/C27H25F2N3O6S.2H2/c28-27(29)37-22-11-8-18(15-23(22)38-27)26(12-13-26)25(34)31-24-5-1-4-21(30-24)17-6-9-20(10-7-17)39(35,36)32-14-2-3-19(32)16-33;;/h1,4-11,15,19,33H,2-3,12-14,16H2,(H,30,31,34);2*1H/t19-;;/m1../s1. The molecule has 2 aliphatic heterocycles. The molecule has 1 saturated heterocycles. The molecule has 0 bridgehead atoms. The van der Waals surface area contributed by atoms with E-state index in [0.717, 1.165) is 0 Å². The van der Waals surface area contributed by atoms with Gasteiger partial charge in [0.1, 0.15) is 5.82 Å². The van der Waals surface area contributed by atoms with Crippen LogP contribution in [0.1, 0.15) is 34.1 Å². The molecule has 1 saturated carbocycles. The predicted molar refractivity (Wildman–Crippen MR) is 140 cm³/mol. The van der Waals surface area contributed by atoms with Crippen LogP contribution in [-0.2, 0) is 20.2 Å². The van der Waals surface area contributed by atoms with Gasteiger partial charge in [0.2, 0.25) is 15.9 Å². The molecule has 208 valence electrons. The highest BCUT2D eigenvalue weighted by molar-refractivity contribution is 7.89. The quantitative estimate of drug-likeness (QED) is 0.440. The smallest absolute Gasteiger partial charge is 0.395 e. The Morgan fingerprint density at radius 1 is 1.10 bits per heavy atom. The first-order valence-corrected chi connectivity index (χ1v) is 14.0. The van der Waals surface area contributed by atoms with E-state index in [9.17, 15) is 27.1 Å². The lowest BCUT2D eigenvalue weighted by Crippen LogP contribution is -2.37. The third-order valence-electron chi connectivity index (χ3n) is 7.42. The number of ether oxygens (including phenoxy) is 2. The number of aliphatic hydroxyl groups excluding tert-OH is 1. The number of hydrogen-bond acceptors (Lipinski definition) is 7. The van der Waals surface area contributed by atoms with Crippen LogP contribution in [-0.4, -0.2) is 54.2 Å². The van der Waals surface area contributed by atoms with Gasteiger partial charge < -0.3 is 19.9 Å². The summed E-state index contributed by atoms with van der Waals surface area (Å²) >= 11 is 0. The number of amides is 1. The maximum absolute atomic E-state index is 13.4. The number of nitrogens with one attached hydrogen (secondary N) is 1. The molecular weight excluding hydrogens is 532 g/mol. The van der Waals surface area contributed by atoms with Crippen molar-refractivity contribution in [3.8, 4) is 22.8 Å². The fraction of sp³-hybridized carbons (Fsp3) is 0.333. The van der Waals surface area contributed by atoms with Gasteiger partial charge in [-0.3, -0.25) is 4.79 Å². The number of pyridine rings is 1. The van der Waals surface area contributed by atoms with E-state index in [2.05, 4.69) is 19.8 Å². The second-order valence-electron chi connectivity index (χ2n) is 9.89. The lowest BCUT2D eigenvalue weighted by Gasteiger charge is -2.22. The van der Waals surface area contributed by atoms with Crippen LogP contribution in [0.4, 0.5) is 14.6 Å². The number of rotatable bonds is 7. The van der Waals surface area contributed by atoms with Crippen LogP contribution in [0.5, 0.6) is 11.5 Å². The average molecular weight is 562 g/mol. The van der Waals surface area contributed by atoms with Gasteiger partial charge in [0.05, 0.1) is 22.6 Å². The maximum atomic E-state index is 13.4. The number of carbonyl (C=O) groups is 1. The Labute approximate surface area is 226 Å². The van der Waals surface area contributed by atoms with Crippen molar-refractivity contribution >= 4 is 21.7 Å². The number of hydrogen-bond donors (Lipinski definition) is 2. The van der Waals surface area contributed by atoms with E-state index in [1.54, 1.807) is 36.4 Å². The van der Waals surface area contributed by atoms with E-state index in [4.69, 9.17) is 0 Å². The summed E-state index contributed by atoms with van der Waals surface area (Å²) < 4.78 is 63.2. The summed E-state index contributed by atoms with van der Waals surface area (Å²) in [6, 6.07) is 15.4. The van der Waals surface area contributed by atoms with Gasteiger partial charge in [-0.15, -0.1) is 8.78 Å². The summed E-state index contributed by atoms with van der Waals surface area (Å²) in [6.45, 7) is 0.157. The van der Waals surface area contributed by atoms with Crippen molar-refractivity contribution < 1.29 is 39.4 Å². The molecule has 1 aliphatic carbocycles. The molecule has 3 aromatic rings. The molecule has 0 radical (unpaired) electrons. The van der Waals surface area contributed by atoms with Gasteiger partial charge in [0.15, 0.2) is 11.5 Å². The van der Waals surface area contributed by atoms with Crippen molar-refractivity contribution in [1.29, 1.82) is 0 Å². The maximum Gasteiger partial charge on any atom is 0.586 e. The van der Waals surface area contributed by atoms with Gasteiger partial charge in [-0.05, 0) is 67.6 Å². The van der Waals surface area contributed by atoms with E-state index in [1.165, 1.54) is 28.6 Å². The summed E-state index contributed by atoms with van der Waals surface area (Å²) in [5.41, 5.74) is 0.852. The third kappa shape index (κ3) is 4.62. The first-order valence-electron chi connectivity index (χ1n) is 12.5. The predicted octanol–water partition coefficient (Wildman–Crippen LogP) is 4.38. The topological polar surface area (TPSA) is 118 Å². The summed E-state index contributed by atoms with van der Waals surface area (Å²) in [5, 5.41) is 12.3. The number of alkyl halides is 2. The van der Waals surface area contributed by atoms with Crippen LogP contribution < -0.4 is 14.8 Å².